The van der Waals surface area contributed by atoms with Gasteiger partial charge in [-0.3, -0.25) is 4.68 Å². The lowest BCUT2D eigenvalue weighted by Crippen LogP contribution is -2.50. The van der Waals surface area contributed by atoms with Crippen molar-refractivity contribution in [3.63, 3.8) is 0 Å². The highest BCUT2D eigenvalue weighted by Gasteiger charge is 2.36. The Bertz CT molecular complexity index is 1120. The van der Waals surface area contributed by atoms with Crippen molar-refractivity contribution in [3.8, 4) is 11.5 Å². The van der Waals surface area contributed by atoms with Gasteiger partial charge in [-0.1, -0.05) is 25.1 Å². The Morgan fingerprint density at radius 1 is 1.26 bits per heavy atom. The highest BCUT2D eigenvalue weighted by Crippen LogP contribution is 2.30. The zero-order chi connectivity index (χ0) is 22.1. The number of rotatable bonds is 5. The maximum absolute atomic E-state index is 14.6. The minimum absolute atomic E-state index is 0.0368. The van der Waals surface area contributed by atoms with Crippen LogP contribution in [0.5, 0.6) is 0 Å². The molecule has 0 amide bonds. The van der Waals surface area contributed by atoms with E-state index in [2.05, 4.69) is 15.1 Å². The molecule has 7 nitrogen and oxygen atoms in total. The maximum Gasteiger partial charge on any atom is 0.326 e. The van der Waals surface area contributed by atoms with Crippen LogP contribution in [0.2, 0.25) is 0 Å². The molecule has 3 heterocycles. The van der Waals surface area contributed by atoms with E-state index in [0.717, 1.165) is 24.7 Å². The Labute approximate surface area is 178 Å². The van der Waals surface area contributed by atoms with Crippen LogP contribution in [-0.4, -0.2) is 43.4 Å². The molecule has 1 N–H and O–H groups in total. The summed E-state index contributed by atoms with van der Waals surface area (Å²) >= 11 is 0. The topological polar surface area (TPSA) is 84.1 Å². The summed E-state index contributed by atoms with van der Waals surface area (Å²) in [7, 11) is 0. The van der Waals surface area contributed by atoms with Gasteiger partial charge in [-0.05, 0) is 37.8 Å². The molecule has 1 saturated heterocycles. The second kappa shape index (κ2) is 8.41. The second-order valence-corrected chi connectivity index (χ2v) is 7.88. The first kappa shape index (κ1) is 20.9. The summed E-state index contributed by atoms with van der Waals surface area (Å²) in [5.41, 5.74) is 1.67. The summed E-state index contributed by atoms with van der Waals surface area (Å²) in [6.45, 7) is 4.31. The van der Waals surface area contributed by atoms with Gasteiger partial charge in [0.25, 0.3) is 0 Å². The molecule has 162 valence electrons. The van der Waals surface area contributed by atoms with Crippen molar-refractivity contribution in [2.24, 2.45) is 5.92 Å². The van der Waals surface area contributed by atoms with Gasteiger partial charge >= 0.3 is 5.97 Å². The second-order valence-electron chi connectivity index (χ2n) is 7.88. The predicted molar refractivity (Wildman–Crippen MR) is 111 cm³/mol. The van der Waals surface area contributed by atoms with Gasteiger partial charge in [0, 0.05) is 17.8 Å². The molecule has 0 unspecified atom stereocenters. The maximum atomic E-state index is 14.6. The van der Waals surface area contributed by atoms with E-state index in [1.54, 1.807) is 28.9 Å². The lowest BCUT2D eigenvalue weighted by Gasteiger charge is -2.38. The first-order chi connectivity index (χ1) is 14.8. The van der Waals surface area contributed by atoms with Crippen molar-refractivity contribution in [2.75, 3.05) is 11.4 Å². The fraction of sp³-hybridized carbons (Fsp3) is 0.364. The summed E-state index contributed by atoms with van der Waals surface area (Å²) in [5, 5.41) is 14.1. The number of benzene rings is 1. The van der Waals surface area contributed by atoms with Crippen LogP contribution in [0.4, 0.5) is 14.6 Å². The molecular formula is C22H23F2N5O2. The Kier molecular flexibility index (Phi) is 5.67. The lowest BCUT2D eigenvalue weighted by molar-refractivity contribution is -0.140. The summed E-state index contributed by atoms with van der Waals surface area (Å²) in [5.74, 6) is -1.98. The number of aromatic nitrogens is 4. The Hall–Kier alpha value is -3.36. The van der Waals surface area contributed by atoms with Crippen molar-refractivity contribution in [1.29, 1.82) is 0 Å². The third kappa shape index (κ3) is 4.12. The van der Waals surface area contributed by atoms with Crippen molar-refractivity contribution in [2.45, 2.75) is 39.3 Å². The number of aryl methyl sites for hydroxylation is 1. The number of hydrogen-bond acceptors (Lipinski definition) is 5. The number of aliphatic carboxylic acids is 1. The molecule has 3 aromatic rings. The van der Waals surface area contributed by atoms with E-state index >= 15 is 0 Å². The van der Waals surface area contributed by atoms with Gasteiger partial charge < -0.3 is 10.0 Å². The number of halogens is 2. The van der Waals surface area contributed by atoms with Gasteiger partial charge in [-0.15, -0.1) is 0 Å². The standard InChI is InChI=1S/C22H23F2N5O2/c1-13-6-5-9-28(19(13)22(30)31)21-17(24)11-25-20(26-21)18-10-14(2)29(27-18)12-15-7-3-4-8-16(15)23/h3-4,7-8,10-11,13,19H,5-6,9,12H2,1-2H3,(H,30,31)/t13-,19+/m0/s1. The average Bonchev–Trinajstić information content (AvgIpc) is 3.10. The van der Waals surface area contributed by atoms with Gasteiger partial charge in [-0.2, -0.15) is 5.10 Å². The van der Waals surface area contributed by atoms with Crippen molar-refractivity contribution >= 4 is 11.8 Å². The van der Waals surface area contributed by atoms with E-state index in [-0.39, 0.29) is 29.9 Å². The van der Waals surface area contributed by atoms with E-state index in [1.165, 1.54) is 11.0 Å². The van der Waals surface area contributed by atoms with Crippen LogP contribution in [0.1, 0.15) is 31.0 Å². The molecular weight excluding hydrogens is 404 g/mol. The zero-order valence-corrected chi connectivity index (χ0v) is 17.3. The van der Waals surface area contributed by atoms with Gasteiger partial charge in [0.1, 0.15) is 17.6 Å². The van der Waals surface area contributed by atoms with Gasteiger partial charge in [-0.25, -0.2) is 23.5 Å². The molecule has 31 heavy (non-hydrogen) atoms. The largest absolute Gasteiger partial charge is 0.480 e. The minimum atomic E-state index is -1.00. The summed E-state index contributed by atoms with van der Waals surface area (Å²) in [4.78, 5) is 21.7. The zero-order valence-electron chi connectivity index (χ0n) is 17.3. The monoisotopic (exact) mass is 427 g/mol. The Morgan fingerprint density at radius 2 is 2.03 bits per heavy atom. The normalized spacial score (nSPS) is 18.9. The van der Waals surface area contributed by atoms with Gasteiger partial charge in [0.05, 0.1) is 12.7 Å². The quantitative estimate of drug-likeness (QED) is 0.669. The highest BCUT2D eigenvalue weighted by atomic mass is 19.1. The molecule has 2 aromatic heterocycles. The summed E-state index contributed by atoms with van der Waals surface area (Å²) in [6.07, 6.45) is 2.55. The molecule has 0 radical (unpaired) electrons. The number of anilines is 1. The van der Waals surface area contributed by atoms with Crippen molar-refractivity contribution < 1.29 is 18.7 Å². The lowest BCUT2D eigenvalue weighted by atomic mass is 9.91. The van der Waals surface area contributed by atoms with Crippen LogP contribution in [0, 0.1) is 24.5 Å². The molecule has 1 aromatic carbocycles. The van der Waals surface area contributed by atoms with Crippen LogP contribution in [0.25, 0.3) is 11.5 Å². The molecule has 2 atom stereocenters. The van der Waals surface area contributed by atoms with Crippen LogP contribution in [-0.2, 0) is 11.3 Å². The number of nitrogens with zero attached hydrogens (tertiary/aromatic N) is 5. The number of carbonyl (C=O) groups is 1. The van der Waals surface area contributed by atoms with Crippen LogP contribution >= 0.6 is 0 Å². The SMILES string of the molecule is Cc1cc(-c2ncc(F)c(N3CCC[C@H](C)[C@@H]3C(=O)O)n2)nn1Cc1ccccc1F. The van der Waals surface area contributed by atoms with E-state index in [1.807, 2.05) is 13.8 Å². The highest BCUT2D eigenvalue weighted by molar-refractivity contribution is 5.78. The molecule has 0 aliphatic carbocycles. The molecule has 4 rings (SSSR count). The third-order valence-corrected chi connectivity index (χ3v) is 5.67. The molecule has 0 bridgehead atoms. The van der Waals surface area contributed by atoms with Crippen LogP contribution in [0.3, 0.4) is 0 Å². The number of carboxylic acid groups (broad SMARTS) is 1. The summed E-state index contributed by atoms with van der Waals surface area (Å²) in [6, 6.07) is 7.35. The fourth-order valence-electron chi connectivity index (χ4n) is 4.05. The molecule has 9 heteroatoms. The molecule has 1 fully saturated rings. The smallest absolute Gasteiger partial charge is 0.326 e. The van der Waals surface area contributed by atoms with E-state index in [4.69, 9.17) is 0 Å². The van der Waals surface area contributed by atoms with Gasteiger partial charge in [0.15, 0.2) is 17.5 Å². The first-order valence-corrected chi connectivity index (χ1v) is 10.2. The van der Waals surface area contributed by atoms with Crippen LogP contribution < -0.4 is 4.90 Å². The number of hydrogen-bond donors (Lipinski definition) is 1. The number of piperidine rings is 1. The van der Waals surface area contributed by atoms with E-state index in [9.17, 15) is 18.7 Å². The van der Waals surface area contributed by atoms with E-state index in [0.29, 0.717) is 17.8 Å². The molecule has 1 aliphatic rings. The average molecular weight is 427 g/mol. The van der Waals surface area contributed by atoms with Crippen molar-refractivity contribution in [3.05, 3.63) is 59.4 Å². The van der Waals surface area contributed by atoms with Gasteiger partial charge in [0.2, 0.25) is 0 Å². The molecule has 0 spiro atoms. The van der Waals surface area contributed by atoms with Crippen molar-refractivity contribution in [1.82, 2.24) is 19.7 Å². The minimum Gasteiger partial charge on any atom is -0.480 e. The summed E-state index contributed by atoms with van der Waals surface area (Å²) < 4.78 is 30.3. The fourth-order valence-corrected chi connectivity index (χ4v) is 4.05. The first-order valence-electron chi connectivity index (χ1n) is 10.2. The predicted octanol–water partition coefficient (Wildman–Crippen LogP) is 3.66. The van der Waals surface area contributed by atoms with Crippen LogP contribution in [0.15, 0.2) is 36.5 Å². The molecule has 0 saturated carbocycles. The Morgan fingerprint density at radius 3 is 2.77 bits per heavy atom. The number of carboxylic acids is 1. The van der Waals surface area contributed by atoms with E-state index < -0.39 is 17.8 Å². The third-order valence-electron chi connectivity index (χ3n) is 5.67. The Balaban J connectivity index is 1.67. The molecule has 1 aliphatic heterocycles.